The van der Waals surface area contributed by atoms with Crippen LogP contribution >= 0.6 is 7.92 Å². The molecule has 3 aromatic carbocycles. The molecule has 0 amide bonds. The molecule has 0 spiro atoms. The van der Waals surface area contributed by atoms with Crippen LogP contribution < -0.4 is 15.9 Å². The molecule has 2 nitrogen and oxygen atoms in total. The Bertz CT molecular complexity index is 567. The smallest absolute Gasteiger partial charge is 0.545 e. The monoisotopic (exact) mass is 388 g/mol. The van der Waals surface area contributed by atoms with Gasteiger partial charge in [-0.3, -0.25) is 13.6 Å². The van der Waals surface area contributed by atoms with Crippen molar-refractivity contribution in [3.63, 3.8) is 0 Å². The molecular weight excluding hydrogens is 367 g/mol. The molecule has 0 saturated heterocycles. The summed E-state index contributed by atoms with van der Waals surface area (Å²) in [5.74, 6) is 0. The normalized spacial score (nSPS) is 8.36. The summed E-state index contributed by atoms with van der Waals surface area (Å²) < 4.78 is 0. The largest absolute Gasteiger partial charge is 3.00 e. The quantitative estimate of drug-likeness (QED) is 0.393. The minimum absolute atomic E-state index is 0. The number of benzene rings is 3. The van der Waals surface area contributed by atoms with E-state index < -0.39 is 7.92 Å². The van der Waals surface area contributed by atoms with E-state index in [0.717, 1.165) is 0 Å². The summed E-state index contributed by atoms with van der Waals surface area (Å²) in [6.45, 7) is 6.50. The van der Waals surface area contributed by atoms with Crippen LogP contribution in [0.2, 0.25) is 0 Å². The van der Waals surface area contributed by atoms with Crippen molar-refractivity contribution >= 4 is 37.4 Å². The summed E-state index contributed by atoms with van der Waals surface area (Å²) in [7, 11) is -0.877. The third-order valence-electron chi connectivity index (χ3n) is 3.19. The molecule has 0 atom stereocenters. The summed E-state index contributed by atoms with van der Waals surface area (Å²) in [6, 6.07) is 32.5. The van der Waals surface area contributed by atoms with Crippen LogP contribution in [0.15, 0.2) is 91.0 Å². The molecule has 0 bridgehead atoms. The summed E-state index contributed by atoms with van der Waals surface area (Å²) in [6.07, 6.45) is 0. The maximum absolute atomic E-state index is 7.75. The molecule has 25 heavy (non-hydrogen) atoms. The Kier molecular flexibility index (Phi) is 15.6. The second-order valence-electron chi connectivity index (χ2n) is 4.47. The van der Waals surface area contributed by atoms with E-state index in [0.29, 0.717) is 0 Å². The van der Waals surface area contributed by atoms with E-state index >= 15 is 0 Å². The zero-order chi connectivity index (χ0) is 16.9. The van der Waals surface area contributed by atoms with Gasteiger partial charge in [-0.2, -0.15) is 0 Å². The Labute approximate surface area is 162 Å². The van der Waals surface area contributed by atoms with Crippen LogP contribution in [0.5, 0.6) is 0 Å². The molecule has 3 rings (SSSR count). The van der Waals surface area contributed by atoms with E-state index in [-0.39, 0.29) is 24.8 Å². The molecule has 1 radical (unpaired) electrons. The van der Waals surface area contributed by atoms with Crippen LogP contribution in [0, 0.1) is 7.43 Å². The first-order valence-corrected chi connectivity index (χ1v) is 8.45. The van der Waals surface area contributed by atoms with Crippen LogP contribution in [-0.4, -0.2) is 13.6 Å². The Balaban J connectivity index is 0. The first-order chi connectivity index (χ1) is 11.4. The van der Waals surface area contributed by atoms with Crippen LogP contribution in [0.3, 0.4) is 0 Å². The molecule has 0 aliphatic rings. The van der Waals surface area contributed by atoms with Crippen molar-refractivity contribution in [2.75, 3.05) is 0 Å². The van der Waals surface area contributed by atoms with Gasteiger partial charge in [0.1, 0.15) is 15.9 Å². The minimum atomic E-state index is -0.877. The number of hydrogen-bond acceptors (Lipinski definition) is 2. The average Bonchev–Trinajstić information content (AvgIpc) is 2.68. The molecule has 0 aliphatic carbocycles. The second kappa shape index (κ2) is 15.5. The van der Waals surface area contributed by atoms with Gasteiger partial charge < -0.3 is 17.0 Å². The van der Waals surface area contributed by atoms with E-state index in [4.69, 9.17) is 9.59 Å². The minimum Gasteiger partial charge on any atom is -0.545 e. The molecule has 0 unspecified atom stereocenters. The van der Waals surface area contributed by atoms with Gasteiger partial charge in [0.05, 0.1) is 7.92 Å². The topological polar surface area (TPSA) is 34.1 Å². The van der Waals surface area contributed by atoms with E-state index in [1.54, 1.807) is 0 Å². The van der Waals surface area contributed by atoms with Gasteiger partial charge in [0.25, 0.3) is 0 Å². The standard InChI is InChI=1S/C18H15P.2CHO.CH3.Cr/c1-4-10-16(11-5-1)19(17-12-6-2-7-13-17)18-14-8-3-9-15-18;2*1-2;;/h1-15H;2*1H;1H3;/q;3*-1;+3/p+1. The van der Waals surface area contributed by atoms with Gasteiger partial charge in [0.2, 0.25) is 0 Å². The maximum Gasteiger partial charge on any atom is 3.00 e. The van der Waals surface area contributed by atoms with E-state index in [2.05, 4.69) is 105 Å². The molecule has 0 N–H and O–H groups in total. The number of carbonyl (C=O) groups excluding carboxylic acids is 2. The van der Waals surface area contributed by atoms with Crippen molar-refractivity contribution in [1.29, 1.82) is 0 Å². The fourth-order valence-corrected chi connectivity index (χ4v) is 4.89. The second-order valence-corrected chi connectivity index (χ2v) is 6.96. The van der Waals surface area contributed by atoms with Gasteiger partial charge in [-0.05, 0) is 36.4 Å². The Hall–Kier alpha value is -2.04. The Morgan fingerprint density at radius 1 is 0.480 bits per heavy atom. The van der Waals surface area contributed by atoms with Gasteiger partial charge in [-0.1, -0.05) is 54.6 Å². The van der Waals surface area contributed by atoms with Crippen molar-refractivity contribution < 1.29 is 27.0 Å². The van der Waals surface area contributed by atoms with Crippen molar-refractivity contribution in [2.24, 2.45) is 0 Å². The van der Waals surface area contributed by atoms with Crippen molar-refractivity contribution in [2.45, 2.75) is 0 Å². The first-order valence-electron chi connectivity index (χ1n) is 6.95. The Morgan fingerprint density at radius 3 is 0.880 bits per heavy atom. The fourth-order valence-electron chi connectivity index (χ4n) is 2.31. The van der Waals surface area contributed by atoms with Crippen molar-refractivity contribution in [1.82, 2.24) is 0 Å². The maximum atomic E-state index is 7.75. The molecule has 127 valence electrons. The number of hydrogen-bond donors (Lipinski definition) is 0. The SMILES string of the molecule is [CH-]=O.[CH-]=O.[CH3-].[Cr+3].c1ccc([PH+](c2ccccc2)c2ccccc2)cc1. The fraction of sp³-hybridized carbons (Fsp3) is 0. The van der Waals surface area contributed by atoms with Gasteiger partial charge >= 0.3 is 17.4 Å². The van der Waals surface area contributed by atoms with Gasteiger partial charge in [0, 0.05) is 0 Å². The van der Waals surface area contributed by atoms with Crippen LogP contribution in [0.4, 0.5) is 0 Å². The molecule has 0 aromatic heterocycles. The first kappa shape index (κ1) is 25.2. The summed E-state index contributed by atoms with van der Waals surface area (Å²) in [4.78, 5) is 15.5. The zero-order valence-electron chi connectivity index (χ0n) is 14.0. The predicted octanol–water partition coefficient (Wildman–Crippen LogP) is 3.08. The molecule has 0 heterocycles. The number of rotatable bonds is 3. The molecule has 3 aromatic rings. The molecule has 4 heteroatoms. The van der Waals surface area contributed by atoms with Gasteiger partial charge in [-0.25, -0.2) is 0 Å². The van der Waals surface area contributed by atoms with Crippen molar-refractivity contribution in [3.05, 3.63) is 98.4 Å². The van der Waals surface area contributed by atoms with E-state index in [9.17, 15) is 0 Å². The molecule has 0 fully saturated rings. The summed E-state index contributed by atoms with van der Waals surface area (Å²) in [5, 5.41) is 4.31. The molecular formula is C21H21CrO2P+. The van der Waals surface area contributed by atoms with Crippen LogP contribution in [-0.2, 0) is 27.0 Å². The zero-order valence-corrected chi connectivity index (χ0v) is 16.3. The summed E-state index contributed by atoms with van der Waals surface area (Å²) in [5.41, 5.74) is 0. The molecule has 0 aliphatic heterocycles. The Morgan fingerprint density at radius 2 is 0.680 bits per heavy atom. The van der Waals surface area contributed by atoms with E-state index in [1.165, 1.54) is 15.9 Å². The van der Waals surface area contributed by atoms with Gasteiger partial charge in [-0.15, -0.1) is 0 Å². The van der Waals surface area contributed by atoms with Crippen molar-refractivity contribution in [3.8, 4) is 0 Å². The summed E-state index contributed by atoms with van der Waals surface area (Å²) >= 11 is 0. The van der Waals surface area contributed by atoms with E-state index in [1.807, 2.05) is 0 Å². The molecule has 0 saturated carbocycles. The third-order valence-corrected chi connectivity index (χ3v) is 5.92. The van der Waals surface area contributed by atoms with Gasteiger partial charge in [0.15, 0.2) is 0 Å². The van der Waals surface area contributed by atoms with Crippen LogP contribution in [0.25, 0.3) is 0 Å². The third kappa shape index (κ3) is 7.59. The predicted molar refractivity (Wildman–Crippen MR) is 106 cm³/mol. The average molecular weight is 388 g/mol. The van der Waals surface area contributed by atoms with Crippen LogP contribution in [0.1, 0.15) is 0 Å².